The van der Waals surface area contributed by atoms with E-state index in [2.05, 4.69) is 42.1 Å². The molecule has 2 aromatic heterocycles. The average molecular weight is 471 g/mol. The van der Waals surface area contributed by atoms with Crippen LogP contribution in [0.1, 0.15) is 63.6 Å². The number of allylic oxidation sites excluding steroid dienone is 1. The second-order valence-corrected chi connectivity index (χ2v) is 11.8. The van der Waals surface area contributed by atoms with E-state index in [0.29, 0.717) is 23.5 Å². The van der Waals surface area contributed by atoms with E-state index in [1.165, 1.54) is 23.3 Å². The minimum atomic E-state index is -0.157. The molecule has 3 aromatic rings. The normalized spacial score (nSPS) is 35.6. The summed E-state index contributed by atoms with van der Waals surface area (Å²) in [6.07, 6.45) is 11.5. The van der Waals surface area contributed by atoms with Crippen LogP contribution in [0, 0.1) is 23.2 Å². The van der Waals surface area contributed by atoms with E-state index in [1.807, 2.05) is 16.6 Å². The Morgan fingerprint density at radius 1 is 1.03 bits per heavy atom. The third-order valence-corrected chi connectivity index (χ3v) is 10.3. The Labute approximate surface area is 206 Å². The highest BCUT2D eigenvalue weighted by Crippen LogP contribution is 2.64. The monoisotopic (exact) mass is 470 g/mol. The van der Waals surface area contributed by atoms with Crippen LogP contribution in [0.25, 0.3) is 17.0 Å². The van der Waals surface area contributed by atoms with Crippen molar-refractivity contribution in [2.75, 3.05) is 7.11 Å². The minimum Gasteiger partial charge on any atom is -0.497 e. The summed E-state index contributed by atoms with van der Waals surface area (Å²) in [6, 6.07) is 8.31. The maximum atomic E-state index is 10.3. The molecule has 6 atom stereocenters. The van der Waals surface area contributed by atoms with Crippen LogP contribution in [0.15, 0.2) is 42.2 Å². The van der Waals surface area contributed by atoms with Gasteiger partial charge >= 0.3 is 0 Å². The fourth-order valence-electron chi connectivity index (χ4n) is 8.44. The predicted molar refractivity (Wildman–Crippen MR) is 134 cm³/mol. The second-order valence-electron chi connectivity index (χ2n) is 11.8. The number of hydrogen-bond acceptors (Lipinski definition) is 5. The van der Waals surface area contributed by atoms with E-state index < -0.39 is 0 Å². The van der Waals surface area contributed by atoms with Gasteiger partial charge in [-0.15, -0.1) is 0 Å². The van der Waals surface area contributed by atoms with Gasteiger partial charge in [0.1, 0.15) is 12.1 Å². The molecule has 0 spiro atoms. The zero-order valence-corrected chi connectivity index (χ0v) is 20.9. The van der Waals surface area contributed by atoms with Crippen LogP contribution in [-0.4, -0.2) is 37.9 Å². The Morgan fingerprint density at radius 3 is 2.63 bits per heavy atom. The third-order valence-electron chi connectivity index (χ3n) is 10.3. The third kappa shape index (κ3) is 2.89. The summed E-state index contributed by atoms with van der Waals surface area (Å²) in [7, 11) is 1.70. The zero-order chi connectivity index (χ0) is 23.9. The van der Waals surface area contributed by atoms with Gasteiger partial charge in [-0.05, 0) is 92.4 Å². The molecule has 0 bridgehead atoms. The Morgan fingerprint density at radius 2 is 1.83 bits per heavy atom. The molecule has 2 heterocycles. The van der Waals surface area contributed by atoms with Crippen molar-refractivity contribution in [1.82, 2.24) is 19.6 Å². The fraction of sp³-hybridized carbons (Fsp3) is 0.552. The van der Waals surface area contributed by atoms with Crippen LogP contribution in [0.4, 0.5) is 0 Å². The first-order chi connectivity index (χ1) is 16.9. The summed E-state index contributed by atoms with van der Waals surface area (Å²) in [5.74, 6) is 3.45. The number of methoxy groups -OCH3 is 1. The lowest BCUT2D eigenvalue weighted by Crippen LogP contribution is -2.51. The summed E-state index contributed by atoms with van der Waals surface area (Å²) in [5, 5.41) is 14.9. The molecule has 6 heteroatoms. The molecular formula is C29H34N4O2. The number of ether oxygens (including phenoxy) is 1. The zero-order valence-electron chi connectivity index (χ0n) is 20.9. The molecule has 3 unspecified atom stereocenters. The quantitative estimate of drug-likeness (QED) is 0.525. The van der Waals surface area contributed by atoms with Crippen LogP contribution < -0.4 is 4.74 Å². The van der Waals surface area contributed by atoms with Gasteiger partial charge in [-0.3, -0.25) is 0 Å². The van der Waals surface area contributed by atoms with Crippen LogP contribution in [0.2, 0.25) is 0 Å². The molecule has 0 saturated heterocycles. The molecule has 35 heavy (non-hydrogen) atoms. The van der Waals surface area contributed by atoms with Crippen LogP contribution >= 0.6 is 0 Å². The second kappa shape index (κ2) is 7.39. The van der Waals surface area contributed by atoms with Crippen molar-refractivity contribution in [2.45, 2.75) is 70.3 Å². The van der Waals surface area contributed by atoms with Gasteiger partial charge in [0.05, 0.1) is 24.6 Å². The van der Waals surface area contributed by atoms with Gasteiger partial charge in [0.2, 0.25) is 0 Å². The first-order valence-electron chi connectivity index (χ1n) is 13.2. The first kappa shape index (κ1) is 21.5. The number of aromatic nitrogens is 4. The van der Waals surface area contributed by atoms with Gasteiger partial charge in [-0.2, -0.15) is 14.6 Å². The number of rotatable bonds is 2. The van der Waals surface area contributed by atoms with Crippen LogP contribution in [0.5, 0.6) is 5.75 Å². The van der Waals surface area contributed by atoms with Crippen molar-refractivity contribution in [2.24, 2.45) is 23.2 Å². The molecule has 1 aromatic carbocycles. The highest BCUT2D eigenvalue weighted by Gasteiger charge is 2.58. The van der Waals surface area contributed by atoms with Gasteiger partial charge < -0.3 is 9.84 Å². The van der Waals surface area contributed by atoms with Crippen LogP contribution in [0.3, 0.4) is 0 Å². The molecule has 0 aliphatic heterocycles. The topological polar surface area (TPSA) is 72.5 Å². The van der Waals surface area contributed by atoms with Gasteiger partial charge in [0.25, 0.3) is 5.78 Å². The smallest absolute Gasteiger partial charge is 0.252 e. The van der Waals surface area contributed by atoms with E-state index in [-0.39, 0.29) is 16.9 Å². The lowest BCUT2D eigenvalue weighted by atomic mass is 9.48. The molecule has 4 aliphatic carbocycles. The maximum Gasteiger partial charge on any atom is 0.252 e. The number of benzene rings is 1. The fourth-order valence-corrected chi connectivity index (χ4v) is 8.44. The van der Waals surface area contributed by atoms with Crippen molar-refractivity contribution in [3.05, 3.63) is 53.5 Å². The van der Waals surface area contributed by atoms with E-state index >= 15 is 0 Å². The van der Waals surface area contributed by atoms with Crippen LogP contribution in [-0.2, 0) is 11.8 Å². The average Bonchev–Trinajstić information content (AvgIpc) is 3.45. The Balaban J connectivity index is 1.35. The Bertz CT molecular complexity index is 1340. The molecule has 0 amide bonds. The van der Waals surface area contributed by atoms with E-state index in [4.69, 9.17) is 9.72 Å². The largest absolute Gasteiger partial charge is 0.497 e. The van der Waals surface area contributed by atoms with Crippen molar-refractivity contribution in [1.29, 1.82) is 0 Å². The number of nitrogens with zero attached hydrogens (tertiary/aromatic N) is 4. The predicted octanol–water partition coefficient (Wildman–Crippen LogP) is 5.14. The number of aliphatic hydroxyl groups excluding tert-OH is 1. The number of fused-ring (bicyclic) bond motifs is 8. The summed E-state index contributed by atoms with van der Waals surface area (Å²) >= 11 is 0. The van der Waals surface area contributed by atoms with E-state index in [0.717, 1.165) is 55.5 Å². The molecule has 6 nitrogen and oxygen atoms in total. The first-order valence-corrected chi connectivity index (χ1v) is 13.2. The van der Waals surface area contributed by atoms with Gasteiger partial charge in [-0.25, -0.2) is 4.98 Å². The SMILES string of the molecule is COc1ccc(-c2c3c(nc4ncnn24)[C@@]2(C)CCC4C(CC=C5C[C@@H](O)CC[C@@]54C)C2C3)cc1. The lowest BCUT2D eigenvalue weighted by molar-refractivity contribution is -0.0169. The molecule has 4 aliphatic rings. The molecule has 7 rings (SSSR count). The van der Waals surface area contributed by atoms with Gasteiger partial charge in [0, 0.05) is 16.5 Å². The Hall–Kier alpha value is -2.73. The molecule has 182 valence electrons. The lowest BCUT2D eigenvalue weighted by Gasteiger charge is -2.57. The van der Waals surface area contributed by atoms with Gasteiger partial charge in [-0.1, -0.05) is 25.5 Å². The van der Waals surface area contributed by atoms with Gasteiger partial charge in [0.15, 0.2) is 0 Å². The highest BCUT2D eigenvalue weighted by atomic mass is 16.5. The van der Waals surface area contributed by atoms with E-state index in [9.17, 15) is 5.11 Å². The summed E-state index contributed by atoms with van der Waals surface area (Å²) in [4.78, 5) is 9.68. The summed E-state index contributed by atoms with van der Waals surface area (Å²) in [5.41, 5.74) is 6.68. The molecule has 2 fully saturated rings. The Kier molecular flexibility index (Phi) is 4.55. The summed E-state index contributed by atoms with van der Waals surface area (Å²) in [6.45, 7) is 4.95. The molecule has 0 radical (unpaired) electrons. The van der Waals surface area contributed by atoms with E-state index in [1.54, 1.807) is 13.4 Å². The van der Waals surface area contributed by atoms with Crippen molar-refractivity contribution in [3.8, 4) is 17.0 Å². The standard InChI is InChI=1S/C29H34N4O2/c1-28-12-10-19(34)14-18(28)6-9-21-23(28)11-13-29(2)24(21)15-22-25(17-4-7-20(35-3)8-5-17)33-27(30-16-31-33)32-26(22)29/h4-8,16,19,21,23-24,34H,9-15H2,1-3H3/t19-,21?,23?,24?,28-,29-/m0/s1. The molecule has 1 N–H and O–H groups in total. The molecular weight excluding hydrogens is 436 g/mol. The van der Waals surface area contributed by atoms with Crippen molar-refractivity contribution in [3.63, 3.8) is 0 Å². The highest BCUT2D eigenvalue weighted by molar-refractivity contribution is 5.69. The number of hydrogen-bond donors (Lipinski definition) is 1. The molecule has 2 saturated carbocycles. The summed E-state index contributed by atoms with van der Waals surface area (Å²) < 4.78 is 7.35. The minimum absolute atomic E-state index is 0.0568. The maximum absolute atomic E-state index is 10.3. The van der Waals surface area contributed by atoms with Crippen molar-refractivity contribution < 1.29 is 9.84 Å². The number of aliphatic hydroxyl groups is 1. The van der Waals surface area contributed by atoms with Crippen molar-refractivity contribution >= 4 is 5.78 Å².